The maximum absolute atomic E-state index is 11.3. The van der Waals surface area contributed by atoms with Crippen molar-refractivity contribution in [3.63, 3.8) is 0 Å². The molecule has 0 spiro atoms. The van der Waals surface area contributed by atoms with Crippen LogP contribution in [0, 0.1) is 0 Å². The minimum atomic E-state index is -0.523. The van der Waals surface area contributed by atoms with Crippen molar-refractivity contribution in [2.75, 3.05) is 20.2 Å². The van der Waals surface area contributed by atoms with Crippen LogP contribution in [0.3, 0.4) is 0 Å². The van der Waals surface area contributed by atoms with Gasteiger partial charge in [0.1, 0.15) is 0 Å². The summed E-state index contributed by atoms with van der Waals surface area (Å²) in [7, 11) is 1.53. The zero-order valence-electron chi connectivity index (χ0n) is 18.8. The number of likely N-dealkylation sites (N-methyl/N-ethyl adjacent to an activating group) is 1. The lowest BCUT2D eigenvalue weighted by Crippen LogP contribution is -2.35. The first-order valence-electron chi connectivity index (χ1n) is 11.6. The summed E-state index contributed by atoms with van der Waals surface area (Å²) in [6.07, 6.45) is 25.7. The van der Waals surface area contributed by atoms with E-state index in [0.717, 1.165) is 19.3 Å². The Morgan fingerprint density at radius 1 is 0.759 bits per heavy atom. The first-order valence-corrected chi connectivity index (χ1v) is 11.6. The molecule has 29 heavy (non-hydrogen) atoms. The van der Waals surface area contributed by atoms with E-state index in [0.29, 0.717) is 6.61 Å². The second-order valence-electron chi connectivity index (χ2n) is 7.45. The van der Waals surface area contributed by atoms with Crippen molar-refractivity contribution in [1.82, 2.24) is 10.6 Å². The van der Waals surface area contributed by atoms with Crippen molar-refractivity contribution in [1.29, 1.82) is 0 Å². The van der Waals surface area contributed by atoms with Gasteiger partial charge in [-0.05, 0) is 38.5 Å². The lowest BCUT2D eigenvalue weighted by atomic mass is 10.1. The Hall–Kier alpha value is -1.78. The molecule has 0 saturated heterocycles. The molecule has 168 valence electrons. The number of allylic oxidation sites excluding steroid dienone is 4. The van der Waals surface area contributed by atoms with Crippen LogP contribution in [0.1, 0.15) is 96.8 Å². The number of carbonyl (C=O) groups excluding carboxylic acids is 2. The fourth-order valence-electron chi connectivity index (χ4n) is 2.90. The number of ether oxygens (including phenoxy) is 1. The first kappa shape index (κ1) is 27.2. The summed E-state index contributed by atoms with van der Waals surface area (Å²) < 4.78 is 5.03. The highest BCUT2D eigenvalue weighted by atomic mass is 16.5. The average molecular weight is 409 g/mol. The molecule has 0 aliphatic carbocycles. The van der Waals surface area contributed by atoms with Gasteiger partial charge in [0.2, 0.25) is 5.91 Å². The van der Waals surface area contributed by atoms with Gasteiger partial charge < -0.3 is 15.4 Å². The van der Waals surface area contributed by atoms with Gasteiger partial charge in [-0.2, -0.15) is 0 Å². The van der Waals surface area contributed by atoms with Crippen LogP contribution in [0.5, 0.6) is 0 Å². The van der Waals surface area contributed by atoms with Crippen molar-refractivity contribution in [3.8, 4) is 0 Å². The summed E-state index contributed by atoms with van der Waals surface area (Å²) in [6, 6.07) is 0. The smallest absolute Gasteiger partial charge is 0.407 e. The van der Waals surface area contributed by atoms with Gasteiger partial charge in [-0.25, -0.2) is 4.79 Å². The molecule has 0 aromatic heterocycles. The second kappa shape index (κ2) is 22.5. The largest absolute Gasteiger partial charge is 0.450 e. The van der Waals surface area contributed by atoms with E-state index in [4.69, 9.17) is 4.74 Å². The highest BCUT2D eigenvalue weighted by Gasteiger charge is 2.03. The molecule has 0 radical (unpaired) electrons. The molecule has 0 heterocycles. The number of carbonyl (C=O) groups is 2. The molecule has 0 aliphatic heterocycles. The summed E-state index contributed by atoms with van der Waals surface area (Å²) in [5, 5.41) is 4.85. The summed E-state index contributed by atoms with van der Waals surface area (Å²) in [5.41, 5.74) is 0. The van der Waals surface area contributed by atoms with Crippen molar-refractivity contribution in [2.24, 2.45) is 0 Å². The third kappa shape index (κ3) is 22.4. The predicted octanol–water partition coefficient (Wildman–Crippen LogP) is 6.05. The van der Waals surface area contributed by atoms with E-state index in [2.05, 4.69) is 41.9 Å². The molecular weight excluding hydrogens is 364 g/mol. The van der Waals surface area contributed by atoms with Gasteiger partial charge in [0, 0.05) is 7.05 Å². The van der Waals surface area contributed by atoms with Crippen LogP contribution >= 0.6 is 0 Å². The minimum absolute atomic E-state index is 0.0404. The number of nitrogens with one attached hydrogen (secondary N) is 2. The van der Waals surface area contributed by atoms with Crippen molar-refractivity contribution in [3.05, 3.63) is 24.3 Å². The quantitative estimate of drug-likeness (QED) is 0.202. The maximum Gasteiger partial charge on any atom is 0.407 e. The lowest BCUT2D eigenvalue weighted by Gasteiger charge is -2.06. The van der Waals surface area contributed by atoms with Crippen molar-refractivity contribution >= 4 is 12.0 Å². The van der Waals surface area contributed by atoms with E-state index in [1.165, 1.54) is 77.7 Å². The van der Waals surface area contributed by atoms with E-state index in [-0.39, 0.29) is 12.5 Å². The first-order chi connectivity index (χ1) is 14.2. The van der Waals surface area contributed by atoms with Gasteiger partial charge in [-0.3, -0.25) is 4.79 Å². The molecule has 5 nitrogen and oxygen atoms in total. The fraction of sp³-hybridized carbons (Fsp3) is 0.750. The van der Waals surface area contributed by atoms with Gasteiger partial charge in [0.05, 0.1) is 13.2 Å². The molecule has 0 aromatic rings. The van der Waals surface area contributed by atoms with Crippen molar-refractivity contribution < 1.29 is 14.3 Å². The summed E-state index contributed by atoms with van der Waals surface area (Å²) >= 11 is 0. The van der Waals surface area contributed by atoms with Crippen LogP contribution in [0.2, 0.25) is 0 Å². The van der Waals surface area contributed by atoms with Crippen LogP contribution in [-0.4, -0.2) is 32.2 Å². The molecule has 0 aliphatic rings. The number of hydrogen-bond acceptors (Lipinski definition) is 3. The number of amides is 2. The SMILES string of the molecule is CCCCC/C=C/C/C=C/CCCCCCCCCCOC(=O)NCC(=O)NC. The van der Waals surface area contributed by atoms with Crippen LogP contribution in [0.4, 0.5) is 4.79 Å². The van der Waals surface area contributed by atoms with E-state index in [1.807, 2.05) is 0 Å². The fourth-order valence-corrected chi connectivity index (χ4v) is 2.90. The number of unbranched alkanes of at least 4 members (excludes halogenated alkanes) is 11. The maximum atomic E-state index is 11.3. The standard InChI is InChI=1S/C24H44N2O3/c1-3-4-5-6-7-8-9-10-11-12-13-14-15-16-17-18-19-20-21-29-24(28)26-22-23(27)25-2/h7-8,10-11H,3-6,9,12-22H2,1-2H3,(H,25,27)(H,26,28)/b8-7+,11-10+. The Balaban J connectivity index is 3.24. The minimum Gasteiger partial charge on any atom is -0.450 e. The molecule has 5 heteroatoms. The van der Waals surface area contributed by atoms with Gasteiger partial charge in [-0.15, -0.1) is 0 Å². The molecule has 0 unspecified atom stereocenters. The molecule has 2 amide bonds. The Bertz CT molecular complexity index is 447. The molecule has 0 bridgehead atoms. The Morgan fingerprint density at radius 3 is 1.90 bits per heavy atom. The number of hydrogen-bond donors (Lipinski definition) is 2. The van der Waals surface area contributed by atoms with Crippen LogP contribution in [0.15, 0.2) is 24.3 Å². The lowest BCUT2D eigenvalue weighted by molar-refractivity contribution is -0.119. The monoisotopic (exact) mass is 408 g/mol. The molecule has 0 aromatic carbocycles. The topological polar surface area (TPSA) is 67.4 Å². The molecule has 2 N–H and O–H groups in total. The van der Waals surface area contributed by atoms with E-state index in [1.54, 1.807) is 0 Å². The molecular formula is C24H44N2O3. The predicted molar refractivity (Wildman–Crippen MR) is 122 cm³/mol. The summed E-state index contributed by atoms with van der Waals surface area (Å²) in [4.78, 5) is 22.3. The number of rotatable bonds is 19. The molecule has 0 fully saturated rings. The average Bonchev–Trinajstić information content (AvgIpc) is 2.73. The van der Waals surface area contributed by atoms with Gasteiger partial charge in [0.25, 0.3) is 0 Å². The van der Waals surface area contributed by atoms with E-state index < -0.39 is 6.09 Å². The van der Waals surface area contributed by atoms with Crippen LogP contribution in [-0.2, 0) is 9.53 Å². The molecule has 0 saturated carbocycles. The van der Waals surface area contributed by atoms with Gasteiger partial charge in [0.15, 0.2) is 0 Å². The summed E-state index contributed by atoms with van der Waals surface area (Å²) in [5.74, 6) is -0.233. The second-order valence-corrected chi connectivity index (χ2v) is 7.45. The third-order valence-corrected chi connectivity index (χ3v) is 4.75. The zero-order chi connectivity index (χ0) is 21.4. The zero-order valence-corrected chi connectivity index (χ0v) is 18.8. The highest BCUT2D eigenvalue weighted by Crippen LogP contribution is 2.10. The Labute approximate surface area is 178 Å². The van der Waals surface area contributed by atoms with Crippen molar-refractivity contribution in [2.45, 2.75) is 96.8 Å². The summed E-state index contributed by atoms with van der Waals surface area (Å²) in [6.45, 7) is 2.62. The number of alkyl carbamates (subject to hydrolysis) is 1. The Morgan fingerprint density at radius 2 is 1.31 bits per heavy atom. The molecule has 0 rings (SSSR count). The highest BCUT2D eigenvalue weighted by molar-refractivity contribution is 5.81. The van der Waals surface area contributed by atoms with Gasteiger partial charge >= 0.3 is 6.09 Å². The van der Waals surface area contributed by atoms with Gasteiger partial charge in [-0.1, -0.05) is 82.6 Å². The molecule has 0 atom stereocenters. The van der Waals surface area contributed by atoms with E-state index in [9.17, 15) is 9.59 Å². The van der Waals surface area contributed by atoms with Crippen LogP contribution in [0.25, 0.3) is 0 Å². The third-order valence-electron chi connectivity index (χ3n) is 4.75. The van der Waals surface area contributed by atoms with E-state index >= 15 is 0 Å². The normalized spacial score (nSPS) is 11.2. The Kier molecular flexibility index (Phi) is 21.1. The van der Waals surface area contributed by atoms with Crippen LogP contribution < -0.4 is 10.6 Å².